The van der Waals surface area contributed by atoms with Crippen LogP contribution in [0.2, 0.25) is 0 Å². The lowest BCUT2D eigenvalue weighted by Gasteiger charge is -2.28. The van der Waals surface area contributed by atoms with Crippen LogP contribution in [0.15, 0.2) is 24.3 Å². The molecule has 0 bridgehead atoms. The summed E-state index contributed by atoms with van der Waals surface area (Å²) < 4.78 is 0. The van der Waals surface area contributed by atoms with Crippen LogP contribution in [-0.4, -0.2) is 11.0 Å². The highest BCUT2D eigenvalue weighted by atomic mass is 16.6. The summed E-state index contributed by atoms with van der Waals surface area (Å²) in [6.07, 6.45) is 6.75. The topological polar surface area (TPSA) is 55.2 Å². The third-order valence-corrected chi connectivity index (χ3v) is 4.13. The Hall–Kier alpha value is -1.42. The summed E-state index contributed by atoms with van der Waals surface area (Å²) >= 11 is 0. The van der Waals surface area contributed by atoms with Gasteiger partial charge in [0.05, 0.1) is 4.92 Å². The van der Waals surface area contributed by atoms with E-state index in [0.717, 1.165) is 18.0 Å². The maximum atomic E-state index is 10.6. The first-order valence-electron chi connectivity index (χ1n) is 7.13. The van der Waals surface area contributed by atoms with Crippen molar-refractivity contribution in [3.8, 4) is 0 Å². The summed E-state index contributed by atoms with van der Waals surface area (Å²) in [7, 11) is 0. The average molecular weight is 262 g/mol. The number of nitro benzene ring substituents is 1. The van der Waals surface area contributed by atoms with Gasteiger partial charge in [0, 0.05) is 24.7 Å². The highest BCUT2D eigenvalue weighted by Crippen LogP contribution is 2.26. The van der Waals surface area contributed by atoms with E-state index >= 15 is 0 Å². The van der Waals surface area contributed by atoms with Gasteiger partial charge in [-0.15, -0.1) is 0 Å². The molecular formula is C15H22N2O2. The zero-order valence-corrected chi connectivity index (χ0v) is 11.5. The van der Waals surface area contributed by atoms with Gasteiger partial charge in [-0.25, -0.2) is 0 Å². The highest BCUT2D eigenvalue weighted by Gasteiger charge is 2.19. The molecule has 1 aromatic carbocycles. The predicted octanol–water partition coefficient (Wildman–Crippen LogP) is 3.65. The summed E-state index contributed by atoms with van der Waals surface area (Å²) in [5.74, 6) is 0.784. The maximum absolute atomic E-state index is 10.6. The minimum absolute atomic E-state index is 0.157. The smallest absolute Gasteiger partial charge is 0.269 e. The number of hydrogen-bond acceptors (Lipinski definition) is 3. The fourth-order valence-electron chi connectivity index (χ4n) is 2.82. The van der Waals surface area contributed by atoms with E-state index in [1.54, 1.807) is 12.1 Å². The summed E-state index contributed by atoms with van der Waals surface area (Å²) in [6, 6.07) is 7.33. The molecule has 104 valence electrons. The minimum Gasteiger partial charge on any atom is -0.310 e. The van der Waals surface area contributed by atoms with Gasteiger partial charge in [0.1, 0.15) is 0 Å². The van der Waals surface area contributed by atoms with Crippen LogP contribution in [0.5, 0.6) is 0 Å². The molecule has 1 fully saturated rings. The molecule has 1 aliphatic carbocycles. The van der Waals surface area contributed by atoms with Crippen LogP contribution in [0.25, 0.3) is 0 Å². The second kappa shape index (κ2) is 6.66. The van der Waals surface area contributed by atoms with Crippen molar-refractivity contribution in [2.75, 3.05) is 0 Å². The van der Waals surface area contributed by atoms with Gasteiger partial charge in [-0.3, -0.25) is 10.1 Å². The molecule has 0 saturated heterocycles. The van der Waals surface area contributed by atoms with E-state index in [1.807, 2.05) is 12.1 Å². The van der Waals surface area contributed by atoms with Gasteiger partial charge in [-0.2, -0.15) is 0 Å². The first-order valence-corrected chi connectivity index (χ1v) is 7.13. The van der Waals surface area contributed by atoms with E-state index in [0.29, 0.717) is 6.04 Å². The van der Waals surface area contributed by atoms with Gasteiger partial charge in [0.2, 0.25) is 0 Å². The number of non-ortho nitro benzene ring substituents is 1. The third kappa shape index (κ3) is 4.03. The zero-order chi connectivity index (χ0) is 13.7. The molecule has 0 radical (unpaired) electrons. The molecular weight excluding hydrogens is 240 g/mol. The van der Waals surface area contributed by atoms with Gasteiger partial charge in [0.25, 0.3) is 5.69 Å². The largest absolute Gasteiger partial charge is 0.310 e. The SMILES string of the molecule is C[C@@H](NCc1ccc([N+](=O)[O-])cc1)C1CCCCC1. The van der Waals surface area contributed by atoms with E-state index < -0.39 is 0 Å². The number of rotatable bonds is 5. The quantitative estimate of drug-likeness (QED) is 0.651. The lowest BCUT2D eigenvalue weighted by molar-refractivity contribution is -0.384. The van der Waals surface area contributed by atoms with Crippen LogP contribution < -0.4 is 5.32 Å². The molecule has 19 heavy (non-hydrogen) atoms. The van der Waals surface area contributed by atoms with Crippen LogP contribution >= 0.6 is 0 Å². The van der Waals surface area contributed by atoms with E-state index in [9.17, 15) is 10.1 Å². The van der Waals surface area contributed by atoms with Crippen molar-refractivity contribution in [2.45, 2.75) is 51.6 Å². The van der Waals surface area contributed by atoms with E-state index in [2.05, 4.69) is 12.2 Å². The van der Waals surface area contributed by atoms with Crippen LogP contribution in [0.4, 0.5) is 5.69 Å². The number of nitrogens with one attached hydrogen (secondary N) is 1. The molecule has 4 nitrogen and oxygen atoms in total. The highest BCUT2D eigenvalue weighted by molar-refractivity contribution is 5.32. The molecule has 1 N–H and O–H groups in total. The normalized spacial score (nSPS) is 18.2. The van der Waals surface area contributed by atoms with Crippen molar-refractivity contribution >= 4 is 5.69 Å². The Bertz CT molecular complexity index is 411. The number of benzene rings is 1. The Morgan fingerprint density at radius 1 is 1.26 bits per heavy atom. The lowest BCUT2D eigenvalue weighted by Crippen LogP contribution is -2.34. The molecule has 1 aromatic rings. The number of hydrogen-bond donors (Lipinski definition) is 1. The molecule has 4 heteroatoms. The monoisotopic (exact) mass is 262 g/mol. The van der Waals surface area contributed by atoms with Crippen molar-refractivity contribution in [2.24, 2.45) is 5.92 Å². The fourth-order valence-corrected chi connectivity index (χ4v) is 2.82. The lowest BCUT2D eigenvalue weighted by atomic mass is 9.84. The average Bonchev–Trinajstić information content (AvgIpc) is 2.46. The Labute approximate surface area is 114 Å². The molecule has 0 aromatic heterocycles. The van der Waals surface area contributed by atoms with Crippen molar-refractivity contribution < 1.29 is 4.92 Å². The molecule has 1 saturated carbocycles. The van der Waals surface area contributed by atoms with Gasteiger partial charge in [-0.05, 0) is 31.2 Å². The van der Waals surface area contributed by atoms with Crippen molar-refractivity contribution in [3.63, 3.8) is 0 Å². The van der Waals surface area contributed by atoms with Crippen molar-refractivity contribution in [3.05, 3.63) is 39.9 Å². The van der Waals surface area contributed by atoms with E-state index in [-0.39, 0.29) is 10.6 Å². The summed E-state index contributed by atoms with van der Waals surface area (Å²) in [5.41, 5.74) is 1.26. The van der Waals surface area contributed by atoms with Gasteiger partial charge in [-0.1, -0.05) is 31.4 Å². The summed E-state index contributed by atoms with van der Waals surface area (Å²) in [5, 5.41) is 14.1. The first kappa shape index (κ1) is 14.0. The van der Waals surface area contributed by atoms with Gasteiger partial charge < -0.3 is 5.32 Å². The van der Waals surface area contributed by atoms with Crippen LogP contribution in [0, 0.1) is 16.0 Å². The van der Waals surface area contributed by atoms with Crippen molar-refractivity contribution in [1.82, 2.24) is 5.32 Å². The Morgan fingerprint density at radius 3 is 2.47 bits per heavy atom. The molecule has 0 amide bonds. The summed E-state index contributed by atoms with van der Waals surface area (Å²) in [6.45, 7) is 3.04. The predicted molar refractivity (Wildman–Crippen MR) is 76.0 cm³/mol. The molecule has 1 atom stereocenters. The molecule has 0 spiro atoms. The third-order valence-electron chi connectivity index (χ3n) is 4.13. The second-order valence-electron chi connectivity index (χ2n) is 5.49. The number of nitrogens with zero attached hydrogens (tertiary/aromatic N) is 1. The second-order valence-corrected chi connectivity index (χ2v) is 5.49. The van der Waals surface area contributed by atoms with Crippen LogP contribution in [0.1, 0.15) is 44.6 Å². The van der Waals surface area contributed by atoms with E-state index in [4.69, 9.17) is 0 Å². The van der Waals surface area contributed by atoms with Crippen LogP contribution in [-0.2, 0) is 6.54 Å². The fraction of sp³-hybridized carbons (Fsp3) is 0.600. The molecule has 1 aliphatic rings. The molecule has 0 unspecified atom stereocenters. The molecule has 2 rings (SSSR count). The standard InChI is InChI=1S/C15H22N2O2/c1-12(14-5-3-2-4-6-14)16-11-13-7-9-15(10-8-13)17(18)19/h7-10,12,14,16H,2-6,11H2,1H3/t12-/m1/s1. The maximum Gasteiger partial charge on any atom is 0.269 e. The first-order chi connectivity index (χ1) is 9.16. The Morgan fingerprint density at radius 2 is 1.89 bits per heavy atom. The van der Waals surface area contributed by atoms with Gasteiger partial charge >= 0.3 is 0 Å². The zero-order valence-electron chi connectivity index (χ0n) is 11.5. The summed E-state index contributed by atoms with van der Waals surface area (Å²) in [4.78, 5) is 10.2. The van der Waals surface area contributed by atoms with Crippen LogP contribution in [0.3, 0.4) is 0 Å². The van der Waals surface area contributed by atoms with Gasteiger partial charge in [0.15, 0.2) is 0 Å². The molecule has 0 heterocycles. The van der Waals surface area contributed by atoms with E-state index in [1.165, 1.54) is 32.1 Å². The Balaban J connectivity index is 1.82. The Kier molecular flexibility index (Phi) is 4.91. The molecule has 0 aliphatic heterocycles. The number of nitro groups is 1. The minimum atomic E-state index is -0.359. The van der Waals surface area contributed by atoms with Crippen molar-refractivity contribution in [1.29, 1.82) is 0 Å².